The molecule has 0 aliphatic rings. The molecule has 2 aromatic carbocycles. The minimum absolute atomic E-state index is 0.00324. The Morgan fingerprint density at radius 2 is 1.70 bits per heavy atom. The number of ether oxygens (including phenoxy) is 1. The topological polar surface area (TPSA) is 82.3 Å². The van der Waals surface area contributed by atoms with Gasteiger partial charge in [-0.15, -0.1) is 10.2 Å². The van der Waals surface area contributed by atoms with Crippen molar-refractivity contribution in [3.63, 3.8) is 0 Å². The second kappa shape index (κ2) is 8.40. The van der Waals surface area contributed by atoms with Gasteiger partial charge in [0.2, 0.25) is 5.89 Å². The van der Waals surface area contributed by atoms with Crippen molar-refractivity contribution in [1.82, 2.24) is 10.2 Å². The normalized spacial score (nSPS) is 11.8. The summed E-state index contributed by atoms with van der Waals surface area (Å²) in [4.78, 5) is 24.2. The number of hydrogen-bond acceptors (Lipinski definition) is 6. The van der Waals surface area contributed by atoms with Gasteiger partial charge in [-0.25, -0.2) is 0 Å². The van der Waals surface area contributed by atoms with Crippen LogP contribution < -0.4 is 0 Å². The van der Waals surface area contributed by atoms with E-state index in [9.17, 15) is 9.59 Å². The summed E-state index contributed by atoms with van der Waals surface area (Å²) in [5, 5.41) is 7.91. The molecule has 0 radical (unpaired) electrons. The Balaban J connectivity index is 1.52. The maximum atomic E-state index is 12.1. The van der Waals surface area contributed by atoms with Gasteiger partial charge < -0.3 is 9.15 Å². The smallest absolute Gasteiger partial charge is 0.307 e. The number of esters is 1. The Morgan fingerprint density at radius 1 is 1.00 bits per heavy atom. The SMILES string of the molecule is Cc1ccc(C(=O)CCC(=O)O[C@H](C)c2nnc(-c3ccccc3)o2)cc1. The molecule has 0 spiro atoms. The van der Waals surface area contributed by atoms with Gasteiger partial charge in [-0.2, -0.15) is 0 Å². The summed E-state index contributed by atoms with van der Waals surface area (Å²) in [7, 11) is 0. The van der Waals surface area contributed by atoms with Crippen molar-refractivity contribution < 1.29 is 18.7 Å². The van der Waals surface area contributed by atoms with E-state index < -0.39 is 12.1 Å². The number of benzene rings is 2. The summed E-state index contributed by atoms with van der Waals surface area (Å²) >= 11 is 0. The quantitative estimate of drug-likeness (QED) is 0.459. The standard InChI is InChI=1S/C21H20N2O4/c1-14-8-10-16(11-9-14)18(24)12-13-19(25)26-15(2)20-22-23-21(27-20)17-6-4-3-5-7-17/h3-11,15H,12-13H2,1-2H3/t15-/m1/s1. The van der Waals surface area contributed by atoms with Crippen molar-refractivity contribution in [1.29, 1.82) is 0 Å². The average molecular weight is 364 g/mol. The first-order chi connectivity index (χ1) is 13.0. The molecule has 0 unspecified atom stereocenters. The molecular formula is C21H20N2O4. The van der Waals surface area contributed by atoms with E-state index in [1.165, 1.54) is 0 Å². The Kier molecular flexibility index (Phi) is 5.76. The average Bonchev–Trinajstić information content (AvgIpc) is 3.18. The summed E-state index contributed by atoms with van der Waals surface area (Å²) in [6.07, 6.45) is -0.596. The summed E-state index contributed by atoms with van der Waals surface area (Å²) in [6.45, 7) is 3.61. The lowest BCUT2D eigenvalue weighted by Gasteiger charge is -2.09. The number of hydrogen-bond donors (Lipinski definition) is 0. The third-order valence-corrected chi connectivity index (χ3v) is 4.05. The van der Waals surface area contributed by atoms with Gasteiger partial charge in [0.15, 0.2) is 11.9 Å². The van der Waals surface area contributed by atoms with Crippen LogP contribution in [0.5, 0.6) is 0 Å². The molecule has 0 fully saturated rings. The minimum atomic E-state index is -0.683. The first kappa shape index (κ1) is 18.5. The Labute approximate surface area is 157 Å². The second-order valence-electron chi connectivity index (χ2n) is 6.23. The Morgan fingerprint density at radius 3 is 2.41 bits per heavy atom. The second-order valence-corrected chi connectivity index (χ2v) is 6.23. The highest BCUT2D eigenvalue weighted by Crippen LogP contribution is 2.22. The zero-order valence-corrected chi connectivity index (χ0v) is 15.2. The molecule has 0 aliphatic carbocycles. The third kappa shape index (κ3) is 4.88. The van der Waals surface area contributed by atoms with Crippen LogP contribution >= 0.6 is 0 Å². The fraction of sp³-hybridized carbons (Fsp3) is 0.238. The number of ketones is 1. The first-order valence-corrected chi connectivity index (χ1v) is 8.71. The highest BCUT2D eigenvalue weighted by Gasteiger charge is 2.19. The number of Topliss-reactive ketones (excluding diaryl/α,β-unsaturated/α-hetero) is 1. The van der Waals surface area contributed by atoms with Crippen LogP contribution in [0.4, 0.5) is 0 Å². The number of carbonyl (C=O) groups excluding carboxylic acids is 2. The summed E-state index contributed by atoms with van der Waals surface area (Å²) < 4.78 is 10.9. The van der Waals surface area contributed by atoms with E-state index in [4.69, 9.17) is 9.15 Å². The largest absolute Gasteiger partial charge is 0.453 e. The number of nitrogens with zero attached hydrogens (tertiary/aromatic N) is 2. The lowest BCUT2D eigenvalue weighted by atomic mass is 10.1. The van der Waals surface area contributed by atoms with Crippen molar-refractivity contribution in [3.8, 4) is 11.5 Å². The summed E-state index contributed by atoms with van der Waals surface area (Å²) in [5.41, 5.74) is 2.46. The molecule has 0 aliphatic heterocycles. The number of aryl methyl sites for hydroxylation is 1. The maximum absolute atomic E-state index is 12.1. The van der Waals surface area contributed by atoms with Crippen LogP contribution in [0.25, 0.3) is 11.5 Å². The van der Waals surface area contributed by atoms with Gasteiger partial charge in [0.1, 0.15) is 0 Å². The van der Waals surface area contributed by atoms with E-state index >= 15 is 0 Å². The number of aromatic nitrogens is 2. The molecule has 0 saturated carbocycles. The fourth-order valence-corrected chi connectivity index (χ4v) is 2.50. The van der Waals surface area contributed by atoms with Crippen LogP contribution in [-0.2, 0) is 9.53 Å². The zero-order chi connectivity index (χ0) is 19.2. The van der Waals surface area contributed by atoms with E-state index in [1.807, 2.05) is 49.4 Å². The molecule has 3 rings (SSSR count). The lowest BCUT2D eigenvalue weighted by molar-refractivity contribution is -0.149. The predicted molar refractivity (Wildman–Crippen MR) is 99.0 cm³/mol. The molecule has 0 saturated heterocycles. The van der Waals surface area contributed by atoms with Crippen molar-refractivity contribution in [2.75, 3.05) is 0 Å². The van der Waals surface area contributed by atoms with Gasteiger partial charge in [-0.1, -0.05) is 48.0 Å². The van der Waals surface area contributed by atoms with Crippen LogP contribution in [-0.4, -0.2) is 21.9 Å². The van der Waals surface area contributed by atoms with Crippen molar-refractivity contribution in [3.05, 3.63) is 71.6 Å². The molecular weight excluding hydrogens is 344 g/mol. The van der Waals surface area contributed by atoms with E-state index in [0.29, 0.717) is 11.5 Å². The molecule has 0 amide bonds. The van der Waals surface area contributed by atoms with Crippen molar-refractivity contribution in [2.24, 2.45) is 0 Å². The molecule has 6 heteroatoms. The molecule has 27 heavy (non-hydrogen) atoms. The van der Waals surface area contributed by atoms with Gasteiger partial charge in [-0.05, 0) is 26.0 Å². The summed E-state index contributed by atoms with van der Waals surface area (Å²) in [6, 6.07) is 16.6. The minimum Gasteiger partial charge on any atom is -0.453 e. The fourth-order valence-electron chi connectivity index (χ4n) is 2.50. The zero-order valence-electron chi connectivity index (χ0n) is 15.2. The van der Waals surface area contributed by atoms with Gasteiger partial charge >= 0.3 is 5.97 Å². The molecule has 0 bridgehead atoms. The monoisotopic (exact) mass is 364 g/mol. The van der Waals surface area contributed by atoms with Crippen molar-refractivity contribution >= 4 is 11.8 Å². The van der Waals surface area contributed by atoms with E-state index in [1.54, 1.807) is 19.1 Å². The number of rotatable bonds is 7. The van der Waals surface area contributed by atoms with E-state index in [0.717, 1.165) is 11.1 Å². The first-order valence-electron chi connectivity index (χ1n) is 8.71. The molecule has 1 aromatic heterocycles. The molecule has 0 N–H and O–H groups in total. The van der Waals surface area contributed by atoms with Gasteiger partial charge in [-0.3, -0.25) is 9.59 Å². The van der Waals surface area contributed by atoms with Gasteiger partial charge in [0.05, 0.1) is 6.42 Å². The predicted octanol–water partition coefficient (Wildman–Crippen LogP) is 4.31. The van der Waals surface area contributed by atoms with E-state index in [-0.39, 0.29) is 24.5 Å². The third-order valence-electron chi connectivity index (χ3n) is 4.05. The molecule has 3 aromatic rings. The van der Waals surface area contributed by atoms with Crippen LogP contribution in [0, 0.1) is 6.92 Å². The summed E-state index contributed by atoms with van der Waals surface area (Å²) in [5.74, 6) is 0.00120. The van der Waals surface area contributed by atoms with Gasteiger partial charge in [0.25, 0.3) is 5.89 Å². The highest BCUT2D eigenvalue weighted by molar-refractivity contribution is 5.97. The molecule has 6 nitrogen and oxygen atoms in total. The van der Waals surface area contributed by atoms with Gasteiger partial charge in [0, 0.05) is 17.5 Å². The highest BCUT2D eigenvalue weighted by atomic mass is 16.6. The van der Waals surface area contributed by atoms with E-state index in [2.05, 4.69) is 10.2 Å². The Hall–Kier alpha value is -3.28. The van der Waals surface area contributed by atoms with Crippen LogP contribution in [0.15, 0.2) is 59.0 Å². The lowest BCUT2D eigenvalue weighted by Crippen LogP contribution is -2.11. The number of carbonyl (C=O) groups is 2. The maximum Gasteiger partial charge on any atom is 0.307 e. The molecule has 1 atom stereocenters. The molecule has 138 valence electrons. The Bertz CT molecular complexity index is 917. The molecule has 1 heterocycles. The van der Waals surface area contributed by atoms with Crippen LogP contribution in [0.1, 0.15) is 47.7 Å². The van der Waals surface area contributed by atoms with Crippen molar-refractivity contribution in [2.45, 2.75) is 32.8 Å². The van der Waals surface area contributed by atoms with Crippen LogP contribution in [0.3, 0.4) is 0 Å². The van der Waals surface area contributed by atoms with Crippen LogP contribution in [0.2, 0.25) is 0 Å².